The smallest absolute Gasteiger partial charge is 0.329 e. The SMILES string of the molecule is CN(C(=O)COc1ccc(Cl)cc1Cl)C(C)(C)C(=O)O. The number of rotatable bonds is 5. The maximum Gasteiger partial charge on any atom is 0.329 e. The van der Waals surface area contributed by atoms with E-state index < -0.39 is 17.4 Å². The summed E-state index contributed by atoms with van der Waals surface area (Å²) in [5.74, 6) is -1.26. The molecule has 0 saturated heterocycles. The Balaban J connectivity index is 2.70. The van der Waals surface area contributed by atoms with Crippen molar-refractivity contribution in [3.8, 4) is 5.75 Å². The number of ether oxygens (including phenoxy) is 1. The van der Waals surface area contributed by atoms with E-state index in [1.54, 1.807) is 12.1 Å². The van der Waals surface area contributed by atoms with Gasteiger partial charge in [-0.1, -0.05) is 23.2 Å². The summed E-state index contributed by atoms with van der Waals surface area (Å²) in [7, 11) is 1.41. The van der Waals surface area contributed by atoms with E-state index in [-0.39, 0.29) is 11.6 Å². The second-order valence-corrected chi connectivity index (χ2v) is 5.52. The molecule has 1 amide bonds. The fourth-order valence-corrected chi connectivity index (χ4v) is 1.75. The number of hydrogen-bond donors (Lipinski definition) is 1. The quantitative estimate of drug-likeness (QED) is 0.906. The number of benzene rings is 1. The van der Waals surface area contributed by atoms with Gasteiger partial charge in [-0.15, -0.1) is 0 Å². The minimum Gasteiger partial charge on any atom is -0.482 e. The van der Waals surface area contributed by atoms with Crippen molar-refractivity contribution in [2.45, 2.75) is 19.4 Å². The maximum atomic E-state index is 11.9. The highest BCUT2D eigenvalue weighted by Crippen LogP contribution is 2.27. The van der Waals surface area contributed by atoms with E-state index in [4.69, 9.17) is 33.0 Å². The highest BCUT2D eigenvalue weighted by molar-refractivity contribution is 6.35. The van der Waals surface area contributed by atoms with E-state index in [1.165, 1.54) is 27.0 Å². The summed E-state index contributed by atoms with van der Waals surface area (Å²) < 4.78 is 5.27. The van der Waals surface area contributed by atoms with Gasteiger partial charge in [0.2, 0.25) is 0 Å². The van der Waals surface area contributed by atoms with Crippen molar-refractivity contribution in [3.63, 3.8) is 0 Å². The Labute approximate surface area is 127 Å². The normalized spacial score (nSPS) is 11.1. The van der Waals surface area contributed by atoms with E-state index in [9.17, 15) is 9.59 Å². The molecule has 0 saturated carbocycles. The van der Waals surface area contributed by atoms with Gasteiger partial charge >= 0.3 is 5.97 Å². The van der Waals surface area contributed by atoms with Gasteiger partial charge in [0.1, 0.15) is 11.3 Å². The molecule has 0 unspecified atom stereocenters. The molecule has 0 atom stereocenters. The zero-order chi connectivity index (χ0) is 15.5. The lowest BCUT2D eigenvalue weighted by atomic mass is 10.0. The Morgan fingerprint density at radius 2 is 1.95 bits per heavy atom. The predicted octanol–water partition coefficient (Wildman–Crippen LogP) is 2.69. The van der Waals surface area contributed by atoms with Crippen molar-refractivity contribution < 1.29 is 19.4 Å². The Kier molecular flexibility index (Phi) is 5.25. The fraction of sp³-hybridized carbons (Fsp3) is 0.385. The van der Waals surface area contributed by atoms with Crippen LogP contribution in [0.15, 0.2) is 18.2 Å². The number of amides is 1. The molecule has 7 heteroatoms. The van der Waals surface area contributed by atoms with Gasteiger partial charge in [-0.05, 0) is 32.0 Å². The summed E-state index contributed by atoms with van der Waals surface area (Å²) >= 11 is 11.6. The molecule has 0 spiro atoms. The Bertz CT molecular complexity index is 531. The zero-order valence-electron chi connectivity index (χ0n) is 11.3. The van der Waals surface area contributed by atoms with E-state index in [0.29, 0.717) is 10.8 Å². The Hall–Kier alpha value is -1.46. The van der Waals surface area contributed by atoms with E-state index in [1.807, 2.05) is 0 Å². The summed E-state index contributed by atoms with van der Waals surface area (Å²) in [6, 6.07) is 4.62. The first kappa shape index (κ1) is 16.6. The lowest BCUT2D eigenvalue weighted by Gasteiger charge is -2.31. The first-order valence-electron chi connectivity index (χ1n) is 5.74. The molecule has 0 fully saturated rings. The number of carboxylic acid groups (broad SMARTS) is 1. The number of hydrogen-bond acceptors (Lipinski definition) is 3. The van der Waals surface area contributed by atoms with Crippen LogP contribution in [0, 0.1) is 0 Å². The molecule has 1 N–H and O–H groups in total. The van der Waals surface area contributed by atoms with Crippen molar-refractivity contribution in [3.05, 3.63) is 28.2 Å². The van der Waals surface area contributed by atoms with Gasteiger partial charge in [0.15, 0.2) is 6.61 Å². The number of carboxylic acids is 1. The zero-order valence-corrected chi connectivity index (χ0v) is 12.8. The molecule has 0 bridgehead atoms. The highest BCUT2D eigenvalue weighted by Gasteiger charge is 2.35. The van der Waals surface area contributed by atoms with Crippen molar-refractivity contribution in [2.75, 3.05) is 13.7 Å². The van der Waals surface area contributed by atoms with Crippen LogP contribution in [0.3, 0.4) is 0 Å². The fourth-order valence-electron chi connectivity index (χ4n) is 1.28. The molecule has 1 aromatic rings. The summed E-state index contributed by atoms with van der Waals surface area (Å²) in [6.45, 7) is 2.56. The standard InChI is InChI=1S/C13H15Cl2NO4/c1-13(2,12(18)19)16(3)11(17)7-20-10-5-4-8(14)6-9(10)15/h4-6H,7H2,1-3H3,(H,18,19). The Morgan fingerprint density at radius 1 is 1.35 bits per heavy atom. The molecule has 20 heavy (non-hydrogen) atoms. The van der Waals surface area contributed by atoms with E-state index in [0.717, 1.165) is 4.90 Å². The third kappa shape index (κ3) is 3.77. The molecule has 1 rings (SSSR count). The molecule has 0 aliphatic heterocycles. The van der Waals surface area contributed by atoms with Crippen LogP contribution in [-0.4, -0.2) is 41.1 Å². The van der Waals surface area contributed by atoms with Gasteiger partial charge in [0.25, 0.3) is 5.91 Å². The molecule has 0 aliphatic carbocycles. The Morgan fingerprint density at radius 3 is 2.45 bits per heavy atom. The van der Waals surface area contributed by atoms with Gasteiger partial charge in [-0.3, -0.25) is 4.79 Å². The van der Waals surface area contributed by atoms with E-state index in [2.05, 4.69) is 0 Å². The number of carbonyl (C=O) groups excluding carboxylic acids is 1. The van der Waals surface area contributed by atoms with Gasteiger partial charge in [0.05, 0.1) is 5.02 Å². The largest absolute Gasteiger partial charge is 0.482 e. The number of carbonyl (C=O) groups is 2. The van der Waals surface area contributed by atoms with Crippen LogP contribution in [0.4, 0.5) is 0 Å². The van der Waals surface area contributed by atoms with E-state index >= 15 is 0 Å². The molecule has 0 radical (unpaired) electrons. The summed E-state index contributed by atoms with van der Waals surface area (Å²) in [5, 5.41) is 9.79. The van der Waals surface area contributed by atoms with Crippen LogP contribution in [0.5, 0.6) is 5.75 Å². The molecule has 1 aromatic carbocycles. The first-order chi connectivity index (χ1) is 9.16. The minimum atomic E-state index is -1.32. The van der Waals surface area contributed by atoms with Crippen LogP contribution in [0.25, 0.3) is 0 Å². The first-order valence-corrected chi connectivity index (χ1v) is 6.49. The molecule has 0 heterocycles. The lowest BCUT2D eigenvalue weighted by molar-refractivity contribution is -0.156. The van der Waals surface area contributed by atoms with Crippen molar-refractivity contribution in [2.24, 2.45) is 0 Å². The van der Waals surface area contributed by atoms with Crippen LogP contribution in [0.1, 0.15) is 13.8 Å². The second-order valence-electron chi connectivity index (χ2n) is 4.68. The number of nitrogens with zero attached hydrogens (tertiary/aromatic N) is 1. The second kappa shape index (κ2) is 6.33. The summed E-state index contributed by atoms with van der Waals surface area (Å²) in [6.07, 6.45) is 0. The van der Waals surface area contributed by atoms with Crippen LogP contribution < -0.4 is 4.74 Å². The maximum absolute atomic E-state index is 11.9. The molecular formula is C13H15Cl2NO4. The van der Waals surface area contributed by atoms with Crippen LogP contribution in [0.2, 0.25) is 10.0 Å². The third-order valence-electron chi connectivity index (χ3n) is 2.98. The van der Waals surface area contributed by atoms with Crippen LogP contribution in [-0.2, 0) is 9.59 Å². The summed E-state index contributed by atoms with van der Waals surface area (Å²) in [4.78, 5) is 24.1. The summed E-state index contributed by atoms with van der Waals surface area (Å²) in [5.41, 5.74) is -1.32. The van der Waals surface area contributed by atoms with Crippen LogP contribution >= 0.6 is 23.2 Å². The van der Waals surface area contributed by atoms with Gasteiger partial charge in [-0.25, -0.2) is 4.79 Å². The van der Waals surface area contributed by atoms with Crippen molar-refractivity contribution in [1.29, 1.82) is 0 Å². The van der Waals surface area contributed by atoms with Crippen molar-refractivity contribution in [1.82, 2.24) is 4.90 Å². The predicted molar refractivity (Wildman–Crippen MR) is 76.4 cm³/mol. The highest BCUT2D eigenvalue weighted by atomic mass is 35.5. The van der Waals surface area contributed by atoms with Crippen molar-refractivity contribution >= 4 is 35.1 Å². The van der Waals surface area contributed by atoms with Gasteiger partial charge in [-0.2, -0.15) is 0 Å². The number of likely N-dealkylation sites (N-methyl/N-ethyl adjacent to an activating group) is 1. The molecule has 5 nitrogen and oxygen atoms in total. The number of aliphatic carboxylic acids is 1. The minimum absolute atomic E-state index is 0.283. The molecule has 0 aliphatic rings. The topological polar surface area (TPSA) is 66.8 Å². The number of halogens is 2. The lowest BCUT2D eigenvalue weighted by Crippen LogP contribution is -2.52. The van der Waals surface area contributed by atoms with Gasteiger partial charge in [0, 0.05) is 12.1 Å². The van der Waals surface area contributed by atoms with Gasteiger partial charge < -0.3 is 14.7 Å². The molecule has 110 valence electrons. The average molecular weight is 320 g/mol. The third-order valence-corrected chi connectivity index (χ3v) is 3.51. The average Bonchev–Trinajstić information content (AvgIpc) is 2.36. The molecular weight excluding hydrogens is 305 g/mol. The molecule has 0 aromatic heterocycles. The monoisotopic (exact) mass is 319 g/mol.